The van der Waals surface area contributed by atoms with Gasteiger partial charge in [0.1, 0.15) is 0 Å². The maximum absolute atomic E-state index is 2.85. The van der Waals surface area contributed by atoms with Crippen molar-refractivity contribution in [2.24, 2.45) is 0 Å². The number of hydrogen-bond donors (Lipinski definition) is 0. The molecule has 1 heteroatoms. The minimum atomic E-state index is 0.848. The summed E-state index contributed by atoms with van der Waals surface area (Å²) in [5.41, 5.74) is 0. The third kappa shape index (κ3) is 8.24. The third-order valence-corrected chi connectivity index (χ3v) is 5.36. The van der Waals surface area contributed by atoms with Crippen molar-refractivity contribution in [1.82, 2.24) is 4.90 Å². The second-order valence-electron chi connectivity index (χ2n) is 7.29. The van der Waals surface area contributed by atoms with Crippen LogP contribution in [0.15, 0.2) is 0 Å². The van der Waals surface area contributed by atoms with E-state index in [9.17, 15) is 0 Å². The van der Waals surface area contributed by atoms with Gasteiger partial charge in [0.25, 0.3) is 0 Å². The molecule has 0 amide bonds. The van der Waals surface area contributed by atoms with Gasteiger partial charge < -0.3 is 0 Å². The summed E-state index contributed by atoms with van der Waals surface area (Å²) in [5, 5.41) is 0. The van der Waals surface area contributed by atoms with Gasteiger partial charge in [0.05, 0.1) is 0 Å². The highest BCUT2D eigenvalue weighted by molar-refractivity contribution is 4.82. The molecular weight excluding hydrogens is 254 g/mol. The standard InChI is InChI=1S/C20H41N/c1-4-6-8-10-12-16-20(17-13-11-9-7-5-2)21-18-14-15-19(21)3/h19-20H,4-18H2,1-3H3/t19-/m0/s1. The highest BCUT2D eigenvalue weighted by Gasteiger charge is 2.26. The molecule has 1 heterocycles. The molecule has 0 aromatic heterocycles. The number of nitrogens with zero attached hydrogens (tertiary/aromatic N) is 1. The van der Waals surface area contributed by atoms with E-state index in [4.69, 9.17) is 0 Å². The predicted molar refractivity (Wildman–Crippen MR) is 95.9 cm³/mol. The first-order valence-corrected chi connectivity index (χ1v) is 10.0. The first-order chi connectivity index (χ1) is 10.3. The molecule has 1 fully saturated rings. The van der Waals surface area contributed by atoms with Crippen molar-refractivity contribution in [1.29, 1.82) is 0 Å². The molecule has 0 aromatic carbocycles. The minimum Gasteiger partial charge on any atom is -0.298 e. The third-order valence-electron chi connectivity index (χ3n) is 5.36. The van der Waals surface area contributed by atoms with Crippen molar-refractivity contribution >= 4 is 0 Å². The summed E-state index contributed by atoms with van der Waals surface area (Å²) >= 11 is 0. The Bertz CT molecular complexity index is 212. The Morgan fingerprint density at radius 1 is 0.810 bits per heavy atom. The lowest BCUT2D eigenvalue weighted by Gasteiger charge is -2.32. The van der Waals surface area contributed by atoms with Gasteiger partial charge in [-0.1, -0.05) is 78.1 Å². The molecule has 0 bridgehead atoms. The van der Waals surface area contributed by atoms with E-state index in [1.165, 1.54) is 96.4 Å². The lowest BCUT2D eigenvalue weighted by Crippen LogP contribution is -2.37. The molecule has 0 aliphatic carbocycles. The molecule has 0 radical (unpaired) electrons. The van der Waals surface area contributed by atoms with Crippen LogP contribution in [0.25, 0.3) is 0 Å². The summed E-state index contributed by atoms with van der Waals surface area (Å²) in [5.74, 6) is 0. The zero-order chi connectivity index (χ0) is 15.3. The summed E-state index contributed by atoms with van der Waals surface area (Å²) in [7, 11) is 0. The van der Waals surface area contributed by atoms with Crippen molar-refractivity contribution in [3.8, 4) is 0 Å². The molecule has 0 unspecified atom stereocenters. The lowest BCUT2D eigenvalue weighted by molar-refractivity contribution is 0.164. The van der Waals surface area contributed by atoms with E-state index < -0.39 is 0 Å². The van der Waals surface area contributed by atoms with E-state index in [0.29, 0.717) is 0 Å². The van der Waals surface area contributed by atoms with Crippen LogP contribution in [0.4, 0.5) is 0 Å². The minimum absolute atomic E-state index is 0.848. The van der Waals surface area contributed by atoms with E-state index >= 15 is 0 Å². The first-order valence-electron chi connectivity index (χ1n) is 10.0. The van der Waals surface area contributed by atoms with Crippen molar-refractivity contribution in [2.45, 2.75) is 123 Å². The largest absolute Gasteiger partial charge is 0.298 e. The average Bonchev–Trinajstić information content (AvgIpc) is 2.91. The Morgan fingerprint density at radius 3 is 1.76 bits per heavy atom. The van der Waals surface area contributed by atoms with Gasteiger partial charge in [0.2, 0.25) is 0 Å². The van der Waals surface area contributed by atoms with Crippen LogP contribution in [0.1, 0.15) is 111 Å². The molecule has 0 N–H and O–H groups in total. The second kappa shape index (κ2) is 12.5. The summed E-state index contributed by atoms with van der Waals surface area (Å²) in [6, 6.07) is 1.74. The van der Waals surface area contributed by atoms with Crippen LogP contribution >= 0.6 is 0 Å². The Balaban J connectivity index is 2.24. The molecule has 0 saturated carbocycles. The average molecular weight is 296 g/mol. The van der Waals surface area contributed by atoms with E-state index in [1.807, 2.05) is 0 Å². The van der Waals surface area contributed by atoms with Gasteiger partial charge >= 0.3 is 0 Å². The monoisotopic (exact) mass is 295 g/mol. The zero-order valence-electron chi connectivity index (χ0n) is 15.2. The van der Waals surface area contributed by atoms with Crippen LogP contribution in [0.2, 0.25) is 0 Å². The summed E-state index contributed by atoms with van der Waals surface area (Å²) in [4.78, 5) is 2.85. The second-order valence-corrected chi connectivity index (χ2v) is 7.29. The van der Waals surface area contributed by atoms with Crippen LogP contribution in [-0.2, 0) is 0 Å². The Labute approximate surface area is 134 Å². The van der Waals surface area contributed by atoms with Crippen LogP contribution in [0.5, 0.6) is 0 Å². The number of unbranched alkanes of at least 4 members (excludes halogenated alkanes) is 8. The fourth-order valence-electron chi connectivity index (χ4n) is 3.94. The highest BCUT2D eigenvalue weighted by Crippen LogP contribution is 2.26. The van der Waals surface area contributed by atoms with Gasteiger partial charge in [-0.3, -0.25) is 4.90 Å². The van der Waals surface area contributed by atoms with Crippen molar-refractivity contribution in [3.63, 3.8) is 0 Å². The van der Waals surface area contributed by atoms with Crippen LogP contribution < -0.4 is 0 Å². The molecule has 0 aromatic rings. The number of hydrogen-bond acceptors (Lipinski definition) is 1. The summed E-state index contributed by atoms with van der Waals surface area (Å²) in [6.45, 7) is 8.44. The van der Waals surface area contributed by atoms with Crippen LogP contribution in [-0.4, -0.2) is 23.5 Å². The maximum Gasteiger partial charge on any atom is 0.00980 e. The Morgan fingerprint density at radius 2 is 1.33 bits per heavy atom. The van der Waals surface area contributed by atoms with E-state index in [0.717, 1.165) is 12.1 Å². The van der Waals surface area contributed by atoms with Crippen LogP contribution in [0.3, 0.4) is 0 Å². The molecule has 0 spiro atoms. The van der Waals surface area contributed by atoms with Gasteiger partial charge in [0, 0.05) is 12.1 Å². The first kappa shape index (κ1) is 19.0. The van der Waals surface area contributed by atoms with Crippen molar-refractivity contribution in [2.75, 3.05) is 6.54 Å². The van der Waals surface area contributed by atoms with Gasteiger partial charge in [-0.15, -0.1) is 0 Å². The topological polar surface area (TPSA) is 3.24 Å². The fourth-order valence-corrected chi connectivity index (χ4v) is 3.94. The number of rotatable bonds is 13. The SMILES string of the molecule is CCCCCCCC(CCCCCCC)N1CCC[C@@H]1C. The summed E-state index contributed by atoms with van der Waals surface area (Å²) in [6.07, 6.45) is 20.1. The normalized spacial score (nSPS) is 19.7. The smallest absolute Gasteiger partial charge is 0.00980 e. The molecule has 1 aliphatic rings. The predicted octanol–water partition coefficient (Wildman–Crippen LogP) is 6.56. The molecule has 126 valence electrons. The fraction of sp³-hybridized carbons (Fsp3) is 1.00. The molecule has 1 atom stereocenters. The van der Waals surface area contributed by atoms with Gasteiger partial charge in [-0.2, -0.15) is 0 Å². The maximum atomic E-state index is 2.85. The quantitative estimate of drug-likeness (QED) is 0.348. The molecular formula is C20H41N. The van der Waals surface area contributed by atoms with Gasteiger partial charge in [-0.25, -0.2) is 0 Å². The Hall–Kier alpha value is -0.0400. The Kier molecular flexibility index (Phi) is 11.3. The lowest BCUT2D eigenvalue weighted by atomic mass is 9.98. The molecule has 1 saturated heterocycles. The van der Waals surface area contributed by atoms with Crippen molar-refractivity contribution in [3.05, 3.63) is 0 Å². The summed E-state index contributed by atoms with van der Waals surface area (Å²) < 4.78 is 0. The highest BCUT2D eigenvalue weighted by atomic mass is 15.2. The van der Waals surface area contributed by atoms with Gasteiger partial charge in [-0.05, 0) is 39.2 Å². The molecule has 21 heavy (non-hydrogen) atoms. The number of likely N-dealkylation sites (tertiary alicyclic amines) is 1. The molecule has 1 aliphatic heterocycles. The van der Waals surface area contributed by atoms with Gasteiger partial charge in [0.15, 0.2) is 0 Å². The van der Waals surface area contributed by atoms with Crippen LogP contribution in [0, 0.1) is 0 Å². The van der Waals surface area contributed by atoms with Crippen molar-refractivity contribution < 1.29 is 0 Å². The van der Waals surface area contributed by atoms with E-state index in [1.54, 1.807) is 0 Å². The molecule has 1 nitrogen and oxygen atoms in total. The molecule has 1 rings (SSSR count). The van der Waals surface area contributed by atoms with E-state index in [-0.39, 0.29) is 0 Å². The van der Waals surface area contributed by atoms with E-state index in [2.05, 4.69) is 25.7 Å². The zero-order valence-corrected chi connectivity index (χ0v) is 15.2.